The van der Waals surface area contributed by atoms with Crippen LogP contribution in [0.5, 0.6) is 0 Å². The minimum absolute atomic E-state index is 0.0689. The highest BCUT2D eigenvalue weighted by Crippen LogP contribution is 2.40. The van der Waals surface area contributed by atoms with E-state index in [0.29, 0.717) is 0 Å². The van der Waals surface area contributed by atoms with Gasteiger partial charge in [-0.25, -0.2) is 0 Å². The largest absolute Gasteiger partial charge is 0.457 e. The van der Waals surface area contributed by atoms with E-state index in [0.717, 1.165) is 0 Å². The molecule has 3 saturated heterocycles. The van der Waals surface area contributed by atoms with Crippen molar-refractivity contribution in [2.75, 3.05) is 6.61 Å². The molecule has 5 atom stereocenters. The fraction of sp³-hybridized carbons (Fsp3) is 0.833. The summed E-state index contributed by atoms with van der Waals surface area (Å²) in [6.45, 7) is 5.14. The summed E-state index contributed by atoms with van der Waals surface area (Å²) in [6, 6.07) is 0. The van der Waals surface area contributed by atoms with Gasteiger partial charge in [-0.1, -0.05) is 0 Å². The van der Waals surface area contributed by atoms with E-state index >= 15 is 0 Å². The maximum absolute atomic E-state index is 11.3. The normalized spacial score (nSPS) is 42.0. The molecule has 8 heteroatoms. The zero-order valence-corrected chi connectivity index (χ0v) is 12.2. The number of ether oxygens (including phenoxy) is 6. The lowest BCUT2D eigenvalue weighted by Crippen LogP contribution is -2.44. The van der Waals surface area contributed by atoms with E-state index in [2.05, 4.69) is 0 Å². The maximum Gasteiger partial charge on any atom is 0.352 e. The van der Waals surface area contributed by atoms with E-state index in [-0.39, 0.29) is 11.8 Å². The highest BCUT2D eigenvalue weighted by Gasteiger charge is 2.59. The Kier molecular flexibility index (Phi) is 3.36. The smallest absolute Gasteiger partial charge is 0.352 e. The third-order valence-electron chi connectivity index (χ3n) is 3.31. The van der Waals surface area contributed by atoms with Gasteiger partial charge in [0.1, 0.15) is 12.7 Å². The number of carbonyl (C=O) groups is 1. The molecule has 20 heavy (non-hydrogen) atoms. The molecule has 0 unspecified atom stereocenters. The summed E-state index contributed by atoms with van der Waals surface area (Å²) in [4.78, 5) is 11.3. The Morgan fingerprint density at radius 2 is 2.10 bits per heavy atom. The summed E-state index contributed by atoms with van der Waals surface area (Å²) >= 11 is 4.83. The van der Waals surface area contributed by atoms with E-state index in [4.69, 9.17) is 40.6 Å². The van der Waals surface area contributed by atoms with Crippen LogP contribution >= 0.6 is 12.2 Å². The van der Waals surface area contributed by atoms with Gasteiger partial charge < -0.3 is 28.4 Å². The zero-order valence-electron chi connectivity index (χ0n) is 11.4. The minimum Gasteiger partial charge on any atom is -0.457 e. The van der Waals surface area contributed by atoms with Gasteiger partial charge in [0.25, 0.3) is 0 Å². The molecule has 3 aliphatic rings. The first-order valence-electron chi connectivity index (χ1n) is 6.37. The number of hydrogen-bond acceptors (Lipinski definition) is 8. The van der Waals surface area contributed by atoms with Crippen LogP contribution in [0.4, 0.5) is 0 Å². The van der Waals surface area contributed by atoms with Crippen molar-refractivity contribution < 1.29 is 33.2 Å². The molecule has 112 valence electrons. The van der Waals surface area contributed by atoms with E-state index in [1.54, 1.807) is 13.8 Å². The van der Waals surface area contributed by atoms with Crippen LogP contribution in [0.25, 0.3) is 0 Å². The Balaban J connectivity index is 1.78. The quantitative estimate of drug-likeness (QED) is 0.539. The second kappa shape index (κ2) is 4.80. The van der Waals surface area contributed by atoms with Gasteiger partial charge in [-0.2, -0.15) is 0 Å². The second-order valence-corrected chi connectivity index (χ2v) is 5.69. The Labute approximate surface area is 121 Å². The zero-order chi connectivity index (χ0) is 14.5. The van der Waals surface area contributed by atoms with Gasteiger partial charge in [0, 0.05) is 19.1 Å². The Morgan fingerprint density at radius 3 is 2.70 bits per heavy atom. The fourth-order valence-electron chi connectivity index (χ4n) is 2.63. The Bertz CT molecular complexity index is 438. The molecule has 0 bridgehead atoms. The predicted octanol–water partition coefficient (Wildman–Crippen LogP) is 0.495. The third kappa shape index (κ3) is 2.48. The molecular formula is C12H16O7S. The van der Waals surface area contributed by atoms with Crippen LogP contribution in [0.3, 0.4) is 0 Å². The SMILES string of the molecule is CC(=O)O[C@H]1[C@H]([C@@H]2COC(=S)O2)O[C@H]2OC(C)(C)O[C@@H]21. The Hall–Kier alpha value is -0.960. The standard InChI is InChI=1S/C12H16O7S/c1-5(13)15-8-7(6-4-14-11(20)16-6)17-10-9(8)18-12(2,3)19-10/h6-10H,4H2,1-3H3/t6-,7-,8-,9+,10-/m0/s1. The number of esters is 1. The fourth-order valence-corrected chi connectivity index (χ4v) is 2.82. The summed E-state index contributed by atoms with van der Waals surface area (Å²) in [6.07, 6.45) is -2.68. The molecule has 3 rings (SSSR count). The molecule has 0 amide bonds. The molecule has 3 aliphatic heterocycles. The van der Waals surface area contributed by atoms with Gasteiger partial charge in [0.2, 0.25) is 0 Å². The van der Waals surface area contributed by atoms with Crippen molar-refractivity contribution >= 4 is 23.4 Å². The van der Waals surface area contributed by atoms with Crippen molar-refractivity contribution in [1.82, 2.24) is 0 Å². The topological polar surface area (TPSA) is 72.5 Å². The van der Waals surface area contributed by atoms with Gasteiger partial charge in [-0.15, -0.1) is 0 Å². The molecule has 0 aliphatic carbocycles. The lowest BCUT2D eigenvalue weighted by Gasteiger charge is -2.27. The molecule has 3 heterocycles. The third-order valence-corrected chi connectivity index (χ3v) is 3.52. The summed E-state index contributed by atoms with van der Waals surface area (Å²) in [5, 5.41) is 0.0689. The molecule has 0 aromatic heterocycles. The molecule has 3 fully saturated rings. The minimum atomic E-state index is -0.777. The van der Waals surface area contributed by atoms with Crippen LogP contribution in [-0.2, 0) is 33.2 Å². The van der Waals surface area contributed by atoms with Crippen molar-refractivity contribution in [3.8, 4) is 0 Å². The molecule has 0 radical (unpaired) electrons. The molecule has 0 saturated carbocycles. The number of thiocarbonyl (C=S) groups is 1. The summed E-state index contributed by atoms with van der Waals surface area (Å²) in [5.74, 6) is -1.19. The summed E-state index contributed by atoms with van der Waals surface area (Å²) in [5.41, 5.74) is 0. The molecule has 0 aromatic rings. The number of rotatable bonds is 2. The van der Waals surface area contributed by atoms with E-state index in [9.17, 15) is 4.79 Å². The van der Waals surface area contributed by atoms with Crippen LogP contribution in [0.2, 0.25) is 0 Å². The van der Waals surface area contributed by atoms with E-state index in [1.165, 1.54) is 6.92 Å². The van der Waals surface area contributed by atoms with Crippen LogP contribution in [0, 0.1) is 0 Å². The van der Waals surface area contributed by atoms with Crippen LogP contribution in [-0.4, -0.2) is 54.3 Å². The summed E-state index contributed by atoms with van der Waals surface area (Å²) < 4.78 is 33.0. The number of fused-ring (bicyclic) bond motifs is 1. The second-order valence-electron chi connectivity index (χ2n) is 5.36. The van der Waals surface area contributed by atoms with Crippen molar-refractivity contribution in [2.24, 2.45) is 0 Å². The highest BCUT2D eigenvalue weighted by molar-refractivity contribution is 7.79. The predicted molar refractivity (Wildman–Crippen MR) is 67.7 cm³/mol. The first-order chi connectivity index (χ1) is 9.35. The van der Waals surface area contributed by atoms with E-state index in [1.807, 2.05) is 0 Å². The highest BCUT2D eigenvalue weighted by atomic mass is 32.1. The van der Waals surface area contributed by atoms with Crippen molar-refractivity contribution in [3.63, 3.8) is 0 Å². The molecule has 0 N–H and O–H groups in total. The maximum atomic E-state index is 11.3. The van der Waals surface area contributed by atoms with Crippen molar-refractivity contribution in [3.05, 3.63) is 0 Å². The lowest BCUT2D eigenvalue weighted by atomic mass is 10.1. The average molecular weight is 304 g/mol. The van der Waals surface area contributed by atoms with Crippen LogP contribution in [0.1, 0.15) is 20.8 Å². The monoisotopic (exact) mass is 304 g/mol. The summed E-state index contributed by atoms with van der Waals surface area (Å²) in [7, 11) is 0. The van der Waals surface area contributed by atoms with Crippen molar-refractivity contribution in [1.29, 1.82) is 0 Å². The van der Waals surface area contributed by atoms with Crippen molar-refractivity contribution in [2.45, 2.75) is 57.3 Å². The van der Waals surface area contributed by atoms with Gasteiger partial charge in [-0.3, -0.25) is 4.79 Å². The van der Waals surface area contributed by atoms with Crippen LogP contribution < -0.4 is 0 Å². The van der Waals surface area contributed by atoms with Gasteiger partial charge in [-0.05, 0) is 13.8 Å². The molecular weight excluding hydrogens is 288 g/mol. The molecule has 7 nitrogen and oxygen atoms in total. The molecule has 0 aromatic carbocycles. The Morgan fingerprint density at radius 1 is 1.35 bits per heavy atom. The van der Waals surface area contributed by atoms with Gasteiger partial charge in [0.15, 0.2) is 30.4 Å². The average Bonchev–Trinajstić information content (AvgIpc) is 2.93. The van der Waals surface area contributed by atoms with Crippen LogP contribution in [0.15, 0.2) is 0 Å². The van der Waals surface area contributed by atoms with E-state index < -0.39 is 42.5 Å². The lowest BCUT2D eigenvalue weighted by molar-refractivity contribution is -0.226. The van der Waals surface area contributed by atoms with Gasteiger partial charge in [0.05, 0.1) is 0 Å². The first kappa shape index (κ1) is 14.0. The first-order valence-corrected chi connectivity index (χ1v) is 6.78. The molecule has 0 spiro atoms. The van der Waals surface area contributed by atoms with Gasteiger partial charge >= 0.3 is 11.2 Å². The number of carbonyl (C=O) groups excluding carboxylic acids is 1. The number of hydrogen-bond donors (Lipinski definition) is 0.